The Hall–Kier alpha value is -4.56. The van der Waals surface area contributed by atoms with Crippen molar-refractivity contribution in [3.8, 4) is 16.9 Å². The number of anilines is 1. The molecule has 208 valence electrons. The number of nitrogens with zero attached hydrogens (tertiary/aromatic N) is 6. The zero-order valence-corrected chi connectivity index (χ0v) is 22.2. The topological polar surface area (TPSA) is 161 Å². The third kappa shape index (κ3) is 4.94. The molecule has 40 heavy (non-hydrogen) atoms. The second-order valence-electron chi connectivity index (χ2n) is 9.33. The summed E-state index contributed by atoms with van der Waals surface area (Å²) in [6, 6.07) is 1.84. The lowest BCUT2D eigenvalue weighted by Crippen LogP contribution is -2.67. The molecule has 0 saturated carbocycles. The Kier molecular flexibility index (Phi) is 7.12. The first-order chi connectivity index (χ1) is 19.0. The molecule has 1 aliphatic heterocycles. The standard InChI is InChI=1S/C25H24ClFN8O5/c1-13-11-40-4-3-34(13)35-9-19(17(26)7-30-35)31-21(37)10-33-8-16(22-24(33)29-12-32(2)25(22)39)14-5-15(23(28)38)20(36)6-18(14)27/h5-9,12-13H,3-4,10-11H2,1-2H3,(H3-,28,30,31,36,37,38)/p+1/t13-/m0/s1. The van der Waals surface area contributed by atoms with Crippen molar-refractivity contribution >= 4 is 40.1 Å². The lowest BCUT2D eigenvalue weighted by Gasteiger charge is -2.27. The predicted octanol–water partition coefficient (Wildman–Crippen LogP) is 0.677. The molecule has 1 atom stereocenters. The van der Waals surface area contributed by atoms with Crippen molar-refractivity contribution < 1.29 is 28.6 Å². The number of primary amides is 1. The molecule has 1 aromatic carbocycles. The minimum Gasteiger partial charge on any atom is -0.507 e. The van der Waals surface area contributed by atoms with Gasteiger partial charge < -0.3 is 30.0 Å². The average molecular weight is 572 g/mol. The number of hydrogen-bond acceptors (Lipinski definition) is 8. The molecular weight excluding hydrogens is 547 g/mol. The first kappa shape index (κ1) is 27.0. The zero-order valence-electron chi connectivity index (χ0n) is 21.5. The molecule has 4 heterocycles. The van der Waals surface area contributed by atoms with Crippen LogP contribution in [0, 0.1) is 5.82 Å². The second-order valence-corrected chi connectivity index (χ2v) is 9.74. The van der Waals surface area contributed by atoms with Gasteiger partial charge in [0.25, 0.3) is 17.7 Å². The fourth-order valence-corrected chi connectivity index (χ4v) is 4.69. The minimum absolute atomic E-state index is 0.0129. The Bertz CT molecular complexity index is 1720. The molecule has 1 fully saturated rings. The number of aromatic nitrogens is 5. The van der Waals surface area contributed by atoms with Gasteiger partial charge in [-0.15, -0.1) is 5.01 Å². The van der Waals surface area contributed by atoms with Crippen LogP contribution >= 0.6 is 11.6 Å². The first-order valence-corrected chi connectivity index (χ1v) is 12.5. The third-order valence-corrected chi connectivity index (χ3v) is 6.85. The number of rotatable bonds is 6. The monoisotopic (exact) mass is 571 g/mol. The molecule has 0 unspecified atom stereocenters. The van der Waals surface area contributed by atoms with Gasteiger partial charge in [-0.1, -0.05) is 11.6 Å². The van der Waals surface area contributed by atoms with E-state index in [0.717, 1.165) is 12.1 Å². The van der Waals surface area contributed by atoms with Gasteiger partial charge in [0.05, 0.1) is 42.1 Å². The van der Waals surface area contributed by atoms with Gasteiger partial charge in [-0.05, 0) is 13.0 Å². The Morgan fingerprint density at radius 3 is 2.85 bits per heavy atom. The Morgan fingerprint density at radius 2 is 2.12 bits per heavy atom. The number of amides is 2. The molecule has 15 heteroatoms. The molecule has 5 rings (SSSR count). The van der Waals surface area contributed by atoms with Gasteiger partial charge >= 0.3 is 0 Å². The van der Waals surface area contributed by atoms with Gasteiger partial charge in [0, 0.05) is 40.3 Å². The van der Waals surface area contributed by atoms with Crippen LogP contribution in [0.4, 0.5) is 10.1 Å². The number of fused-ring (bicyclic) bond motifs is 1. The number of benzene rings is 1. The number of carbonyl (C=O) groups excluding carboxylic acids is 2. The summed E-state index contributed by atoms with van der Waals surface area (Å²) in [6.07, 6.45) is 5.66. The van der Waals surface area contributed by atoms with Crippen molar-refractivity contribution in [3.05, 3.63) is 63.8 Å². The highest BCUT2D eigenvalue weighted by molar-refractivity contribution is 6.33. The van der Waals surface area contributed by atoms with E-state index in [0.29, 0.717) is 25.4 Å². The summed E-state index contributed by atoms with van der Waals surface area (Å²) in [4.78, 5) is 43.9. The van der Waals surface area contributed by atoms with Crippen LogP contribution in [0.25, 0.3) is 22.2 Å². The number of ether oxygens (including phenoxy) is 1. The molecule has 2 amide bonds. The summed E-state index contributed by atoms with van der Waals surface area (Å²) in [5.74, 6) is -3.03. The van der Waals surface area contributed by atoms with Crippen molar-refractivity contribution in [1.29, 1.82) is 0 Å². The molecule has 4 aromatic rings. The minimum atomic E-state index is -0.981. The fraction of sp³-hybridized carbons (Fsp3) is 0.280. The van der Waals surface area contributed by atoms with Gasteiger partial charge in [-0.2, -0.15) is 0 Å². The van der Waals surface area contributed by atoms with E-state index in [9.17, 15) is 23.9 Å². The van der Waals surface area contributed by atoms with E-state index < -0.39 is 28.9 Å². The summed E-state index contributed by atoms with van der Waals surface area (Å²) in [6.45, 7) is 3.32. The van der Waals surface area contributed by atoms with E-state index in [2.05, 4.69) is 15.4 Å². The van der Waals surface area contributed by atoms with Crippen LogP contribution in [0.2, 0.25) is 5.02 Å². The van der Waals surface area contributed by atoms with Crippen LogP contribution in [-0.2, 0) is 23.1 Å². The SMILES string of the molecule is C[C@H]1COCCN1[n+]1cc(NC(=O)Cn2cc(-c3cc(C(N)=O)c(O)cc3F)c3c(=O)n(C)cnc32)c(Cl)cn1. The van der Waals surface area contributed by atoms with Gasteiger partial charge in [0.1, 0.15) is 41.7 Å². The highest BCUT2D eigenvalue weighted by Crippen LogP contribution is 2.33. The number of phenols is 1. The highest BCUT2D eigenvalue weighted by Gasteiger charge is 2.28. The van der Waals surface area contributed by atoms with Gasteiger partial charge in [0.15, 0.2) is 0 Å². The summed E-state index contributed by atoms with van der Waals surface area (Å²) in [5, 5.41) is 19.2. The number of carbonyl (C=O) groups is 2. The van der Waals surface area contributed by atoms with E-state index in [1.165, 1.54) is 34.9 Å². The number of aryl methyl sites for hydroxylation is 1. The van der Waals surface area contributed by atoms with Gasteiger partial charge in [-0.3, -0.25) is 14.4 Å². The van der Waals surface area contributed by atoms with Gasteiger partial charge in [0.2, 0.25) is 5.91 Å². The molecule has 0 radical (unpaired) electrons. The number of halogens is 2. The van der Waals surface area contributed by atoms with E-state index in [4.69, 9.17) is 22.1 Å². The van der Waals surface area contributed by atoms with E-state index in [-0.39, 0.29) is 45.3 Å². The van der Waals surface area contributed by atoms with E-state index in [1.54, 1.807) is 11.0 Å². The molecule has 3 aromatic heterocycles. The molecule has 0 spiro atoms. The van der Waals surface area contributed by atoms with Crippen molar-refractivity contribution in [2.45, 2.75) is 19.5 Å². The first-order valence-electron chi connectivity index (χ1n) is 12.1. The smallest absolute Gasteiger partial charge is 0.263 e. The Labute approximate surface area is 231 Å². The van der Waals surface area contributed by atoms with E-state index in [1.807, 2.05) is 11.9 Å². The van der Waals surface area contributed by atoms with Gasteiger partial charge in [-0.25, -0.2) is 9.37 Å². The summed E-state index contributed by atoms with van der Waals surface area (Å²) < 4.78 is 23.0. The zero-order chi connectivity index (χ0) is 28.7. The fourth-order valence-electron chi connectivity index (χ4n) is 4.55. The molecule has 0 aliphatic carbocycles. The van der Waals surface area contributed by atoms with Crippen molar-refractivity contribution in [1.82, 2.24) is 19.2 Å². The maximum absolute atomic E-state index is 15.0. The van der Waals surface area contributed by atoms with Crippen molar-refractivity contribution in [2.75, 3.05) is 30.1 Å². The maximum Gasteiger partial charge on any atom is 0.263 e. The number of aromatic hydroxyl groups is 1. The van der Waals surface area contributed by atoms with Crippen LogP contribution in [0.5, 0.6) is 5.75 Å². The molecule has 1 aliphatic rings. The van der Waals surface area contributed by atoms with E-state index >= 15 is 0 Å². The lowest BCUT2D eigenvalue weighted by molar-refractivity contribution is -0.754. The predicted molar refractivity (Wildman–Crippen MR) is 142 cm³/mol. The lowest BCUT2D eigenvalue weighted by atomic mass is 10.0. The largest absolute Gasteiger partial charge is 0.507 e. The maximum atomic E-state index is 15.0. The Balaban J connectivity index is 1.51. The van der Waals surface area contributed by atoms with Crippen molar-refractivity contribution in [2.24, 2.45) is 12.8 Å². The Morgan fingerprint density at radius 1 is 1.35 bits per heavy atom. The highest BCUT2D eigenvalue weighted by atomic mass is 35.5. The normalized spacial score (nSPS) is 15.4. The number of nitrogens with one attached hydrogen (secondary N) is 1. The van der Waals surface area contributed by atoms with Crippen LogP contribution in [0.15, 0.2) is 41.8 Å². The number of hydrogen-bond donors (Lipinski definition) is 3. The van der Waals surface area contributed by atoms with Crippen LogP contribution in [-0.4, -0.2) is 61.9 Å². The summed E-state index contributed by atoms with van der Waals surface area (Å²) in [5.41, 5.74) is 4.79. The average Bonchev–Trinajstić information content (AvgIpc) is 3.26. The second kappa shape index (κ2) is 10.5. The van der Waals surface area contributed by atoms with Crippen LogP contribution in [0.1, 0.15) is 17.3 Å². The molecule has 4 N–H and O–H groups in total. The summed E-state index contributed by atoms with van der Waals surface area (Å²) >= 11 is 6.31. The van der Waals surface area contributed by atoms with Crippen LogP contribution in [0.3, 0.4) is 0 Å². The third-order valence-electron chi connectivity index (χ3n) is 6.55. The van der Waals surface area contributed by atoms with Crippen molar-refractivity contribution in [3.63, 3.8) is 0 Å². The number of morpholine rings is 1. The molecule has 0 bridgehead atoms. The van der Waals surface area contributed by atoms with Crippen LogP contribution < -0.4 is 26.4 Å². The molecular formula is C25H25ClFN8O5+. The molecule has 1 saturated heterocycles. The number of nitrogens with two attached hydrogens (primary N) is 1. The quantitative estimate of drug-likeness (QED) is 0.285. The summed E-state index contributed by atoms with van der Waals surface area (Å²) in [7, 11) is 1.47. The molecule has 13 nitrogen and oxygen atoms in total.